The molecule has 0 unspecified atom stereocenters. The molecule has 0 fully saturated rings. The van der Waals surface area contributed by atoms with Gasteiger partial charge in [-0.3, -0.25) is 9.48 Å². The van der Waals surface area contributed by atoms with Gasteiger partial charge in [0.25, 0.3) is 0 Å². The SMILES string of the molecule is Cn1ncc(CNC(=O)CCNC(=O)OCC2c3ccccc3-c3ccccc32)c1C(=O)O. The Hall–Kier alpha value is -4.14. The van der Waals surface area contributed by atoms with Crippen LogP contribution < -0.4 is 10.6 Å². The third-order valence-electron chi connectivity index (χ3n) is 5.66. The summed E-state index contributed by atoms with van der Waals surface area (Å²) < 4.78 is 6.68. The molecule has 0 atom stereocenters. The molecule has 0 radical (unpaired) electrons. The van der Waals surface area contributed by atoms with Crippen molar-refractivity contribution in [3.05, 3.63) is 77.1 Å². The molecule has 1 aromatic heterocycles. The highest BCUT2D eigenvalue weighted by atomic mass is 16.5. The number of aromatic nitrogens is 2. The average Bonchev–Trinajstić information content (AvgIpc) is 3.34. The molecular formula is C24H24N4O5. The number of carboxylic acid groups (broad SMARTS) is 1. The summed E-state index contributed by atoms with van der Waals surface area (Å²) >= 11 is 0. The molecule has 2 aromatic carbocycles. The number of carbonyl (C=O) groups excluding carboxylic acids is 2. The van der Waals surface area contributed by atoms with Gasteiger partial charge in [-0.15, -0.1) is 0 Å². The second kappa shape index (κ2) is 9.56. The number of carboxylic acids is 1. The molecule has 0 saturated carbocycles. The van der Waals surface area contributed by atoms with Crippen LogP contribution in [0.25, 0.3) is 11.1 Å². The standard InChI is InChI=1S/C24H24N4O5/c1-28-22(23(30)31)15(13-27-28)12-26-21(29)10-11-25-24(32)33-14-20-18-8-4-2-6-16(18)17-7-3-5-9-19(17)20/h2-9,13,20H,10-12,14H2,1H3,(H,25,32)(H,26,29)(H,30,31). The molecule has 4 rings (SSSR count). The predicted octanol–water partition coefficient (Wildman–Crippen LogP) is 2.66. The third kappa shape index (κ3) is 4.72. The molecule has 9 heteroatoms. The lowest BCUT2D eigenvalue weighted by Crippen LogP contribution is -2.31. The van der Waals surface area contributed by atoms with Crippen LogP contribution >= 0.6 is 0 Å². The molecule has 170 valence electrons. The Morgan fingerprint density at radius 1 is 1.03 bits per heavy atom. The van der Waals surface area contributed by atoms with Crippen molar-refractivity contribution in [3.8, 4) is 11.1 Å². The van der Waals surface area contributed by atoms with Crippen LogP contribution in [0.3, 0.4) is 0 Å². The maximum Gasteiger partial charge on any atom is 0.407 e. The van der Waals surface area contributed by atoms with E-state index in [1.54, 1.807) is 0 Å². The zero-order valence-electron chi connectivity index (χ0n) is 18.1. The summed E-state index contributed by atoms with van der Waals surface area (Å²) in [4.78, 5) is 35.5. The molecule has 0 aliphatic heterocycles. The second-order valence-corrected chi connectivity index (χ2v) is 7.73. The normalized spacial score (nSPS) is 12.0. The maximum atomic E-state index is 12.2. The zero-order chi connectivity index (χ0) is 23.4. The summed E-state index contributed by atoms with van der Waals surface area (Å²) in [6.07, 6.45) is 0.844. The number of fused-ring (bicyclic) bond motifs is 3. The first-order valence-electron chi connectivity index (χ1n) is 10.6. The molecule has 2 amide bonds. The number of hydrogen-bond acceptors (Lipinski definition) is 5. The van der Waals surface area contributed by atoms with Gasteiger partial charge >= 0.3 is 12.1 Å². The maximum absolute atomic E-state index is 12.2. The highest BCUT2D eigenvalue weighted by Gasteiger charge is 2.29. The Bertz CT molecular complexity index is 1160. The minimum absolute atomic E-state index is 0.0204. The number of benzene rings is 2. The van der Waals surface area contributed by atoms with Gasteiger partial charge < -0.3 is 20.5 Å². The Kier molecular flexibility index (Phi) is 6.39. The van der Waals surface area contributed by atoms with Crippen molar-refractivity contribution in [2.24, 2.45) is 7.05 Å². The fourth-order valence-corrected chi connectivity index (χ4v) is 4.10. The van der Waals surface area contributed by atoms with Gasteiger partial charge in [-0.05, 0) is 22.3 Å². The number of nitrogens with one attached hydrogen (secondary N) is 2. The highest BCUT2D eigenvalue weighted by molar-refractivity contribution is 5.87. The number of aromatic carboxylic acids is 1. The number of nitrogens with zero attached hydrogens (tertiary/aromatic N) is 2. The number of carbonyl (C=O) groups is 3. The minimum atomic E-state index is -1.11. The lowest BCUT2D eigenvalue weighted by atomic mass is 9.98. The van der Waals surface area contributed by atoms with Crippen LogP contribution in [0.15, 0.2) is 54.7 Å². The van der Waals surface area contributed by atoms with Gasteiger partial charge in [0.1, 0.15) is 6.61 Å². The van der Waals surface area contributed by atoms with Crippen molar-refractivity contribution in [2.75, 3.05) is 13.2 Å². The van der Waals surface area contributed by atoms with Crippen molar-refractivity contribution in [2.45, 2.75) is 18.9 Å². The number of rotatable bonds is 8. The topological polar surface area (TPSA) is 123 Å². The van der Waals surface area contributed by atoms with E-state index >= 15 is 0 Å². The van der Waals surface area contributed by atoms with Crippen molar-refractivity contribution in [3.63, 3.8) is 0 Å². The van der Waals surface area contributed by atoms with Gasteiger partial charge in [-0.25, -0.2) is 9.59 Å². The van der Waals surface area contributed by atoms with Crippen LogP contribution in [0, 0.1) is 0 Å². The van der Waals surface area contributed by atoms with Crippen molar-refractivity contribution in [1.82, 2.24) is 20.4 Å². The lowest BCUT2D eigenvalue weighted by Gasteiger charge is -2.14. The number of amides is 2. The van der Waals surface area contributed by atoms with Gasteiger partial charge in [0.2, 0.25) is 5.91 Å². The van der Waals surface area contributed by atoms with Gasteiger partial charge in [-0.1, -0.05) is 48.5 Å². The van der Waals surface area contributed by atoms with Gasteiger partial charge in [-0.2, -0.15) is 5.10 Å². The fourth-order valence-electron chi connectivity index (χ4n) is 4.10. The first-order valence-corrected chi connectivity index (χ1v) is 10.6. The molecule has 1 heterocycles. The van der Waals surface area contributed by atoms with E-state index in [9.17, 15) is 19.5 Å². The molecular weight excluding hydrogens is 424 g/mol. The van der Waals surface area contributed by atoms with E-state index in [2.05, 4.69) is 27.9 Å². The van der Waals surface area contributed by atoms with E-state index in [-0.39, 0.29) is 43.6 Å². The van der Waals surface area contributed by atoms with E-state index in [1.165, 1.54) is 17.9 Å². The molecule has 9 nitrogen and oxygen atoms in total. The number of ether oxygens (including phenoxy) is 1. The van der Waals surface area contributed by atoms with E-state index < -0.39 is 12.1 Å². The van der Waals surface area contributed by atoms with Gasteiger partial charge in [0.05, 0.1) is 6.20 Å². The van der Waals surface area contributed by atoms with Crippen LogP contribution in [0.1, 0.15) is 39.5 Å². The summed E-state index contributed by atoms with van der Waals surface area (Å²) in [5.41, 5.74) is 4.98. The summed E-state index contributed by atoms with van der Waals surface area (Å²) in [6, 6.07) is 16.2. The number of hydrogen-bond donors (Lipinski definition) is 3. The molecule has 1 aliphatic carbocycles. The molecule has 0 saturated heterocycles. The first-order chi connectivity index (χ1) is 16.0. The van der Waals surface area contributed by atoms with Crippen LogP contribution in [0.2, 0.25) is 0 Å². The molecule has 33 heavy (non-hydrogen) atoms. The minimum Gasteiger partial charge on any atom is -0.477 e. The summed E-state index contributed by atoms with van der Waals surface area (Å²) in [6.45, 7) is 0.339. The van der Waals surface area contributed by atoms with E-state index in [4.69, 9.17) is 4.74 Å². The molecule has 3 N–H and O–H groups in total. The van der Waals surface area contributed by atoms with Crippen molar-refractivity contribution < 1.29 is 24.2 Å². The van der Waals surface area contributed by atoms with Crippen LogP contribution in [-0.4, -0.2) is 46.0 Å². The Balaban J connectivity index is 1.23. The van der Waals surface area contributed by atoms with Crippen LogP contribution in [-0.2, 0) is 23.1 Å². The lowest BCUT2D eigenvalue weighted by molar-refractivity contribution is -0.121. The smallest absolute Gasteiger partial charge is 0.407 e. The largest absolute Gasteiger partial charge is 0.477 e. The number of aryl methyl sites for hydroxylation is 1. The Morgan fingerprint density at radius 3 is 2.30 bits per heavy atom. The summed E-state index contributed by atoms with van der Waals surface area (Å²) in [5.74, 6) is -1.47. The van der Waals surface area contributed by atoms with Crippen LogP contribution in [0.5, 0.6) is 0 Å². The quantitative estimate of drug-likeness (QED) is 0.487. The molecule has 1 aliphatic rings. The third-order valence-corrected chi connectivity index (χ3v) is 5.66. The van der Waals surface area contributed by atoms with Gasteiger partial charge in [0.15, 0.2) is 5.69 Å². The van der Waals surface area contributed by atoms with E-state index in [0.29, 0.717) is 5.56 Å². The highest BCUT2D eigenvalue weighted by Crippen LogP contribution is 2.44. The monoisotopic (exact) mass is 448 g/mol. The summed E-state index contributed by atoms with van der Waals surface area (Å²) in [7, 11) is 1.52. The molecule has 0 spiro atoms. The van der Waals surface area contributed by atoms with Crippen molar-refractivity contribution in [1.29, 1.82) is 0 Å². The number of alkyl carbamates (subject to hydrolysis) is 1. The van der Waals surface area contributed by atoms with E-state index in [1.807, 2.05) is 36.4 Å². The average molecular weight is 448 g/mol. The zero-order valence-corrected chi connectivity index (χ0v) is 18.1. The van der Waals surface area contributed by atoms with Gasteiger partial charge in [0, 0.05) is 38.0 Å². The van der Waals surface area contributed by atoms with E-state index in [0.717, 1.165) is 22.3 Å². The first kappa shape index (κ1) is 22.1. The van der Waals surface area contributed by atoms with Crippen molar-refractivity contribution >= 4 is 18.0 Å². The predicted molar refractivity (Wildman–Crippen MR) is 120 cm³/mol. The fraction of sp³-hybridized carbons (Fsp3) is 0.250. The summed E-state index contributed by atoms with van der Waals surface area (Å²) in [5, 5.41) is 18.3. The molecule has 3 aromatic rings. The Morgan fingerprint density at radius 2 is 1.67 bits per heavy atom. The van der Waals surface area contributed by atoms with Crippen LogP contribution in [0.4, 0.5) is 4.79 Å². The second-order valence-electron chi connectivity index (χ2n) is 7.73. The Labute approximate surface area is 190 Å². The molecule has 0 bridgehead atoms.